The maximum Gasteiger partial charge on any atom is 0.697 e. The Bertz CT molecular complexity index is 1030. The van der Waals surface area contributed by atoms with Crippen LogP contribution < -0.4 is 0 Å². The van der Waals surface area contributed by atoms with Crippen molar-refractivity contribution in [1.29, 1.82) is 0 Å². The average Bonchev–Trinajstić information content (AvgIpc) is 3.13. The van der Waals surface area contributed by atoms with Gasteiger partial charge in [0.2, 0.25) is 6.29 Å². The van der Waals surface area contributed by atoms with E-state index in [-0.39, 0.29) is 10.8 Å². The fraction of sp³-hybridized carbons (Fsp3) is 0.882. The molecule has 2 atom stereocenters. The Morgan fingerprint density at radius 1 is 0.464 bits per heavy atom. The van der Waals surface area contributed by atoms with Crippen LogP contribution in [0.1, 0.15) is 295 Å². The number of aliphatic hydroxyl groups is 1. The summed E-state index contributed by atoms with van der Waals surface area (Å²) in [7, 11) is -2.93. The number of hydrogen-bond acceptors (Lipinski definition) is 3. The standard InChI is InChI=1S/C51H95O4P/c1-9-11-13-15-17-19-21-23-25-27-29-31-33-35-37-39-41-44-46(50(3,4)5)43-47(51(6,7)8)45(48(44)49(52)55-56(53)54)42-40-38-36-34-32-30-28-26-24-22-20-18-16-14-12-10-2/h43,49,52H,9-42H2,1-8H3/p+1. The van der Waals surface area contributed by atoms with Crippen molar-refractivity contribution in [1.82, 2.24) is 0 Å². The lowest BCUT2D eigenvalue weighted by atomic mass is 9.72. The molecule has 0 bridgehead atoms. The molecule has 1 rings (SSSR count). The van der Waals surface area contributed by atoms with Crippen molar-refractivity contribution in [2.45, 2.75) is 291 Å². The van der Waals surface area contributed by atoms with Gasteiger partial charge in [-0.25, -0.2) is 0 Å². The van der Waals surface area contributed by atoms with Crippen LogP contribution in [0.3, 0.4) is 0 Å². The van der Waals surface area contributed by atoms with Crippen LogP contribution in [0, 0.1) is 0 Å². The zero-order valence-corrected chi connectivity index (χ0v) is 39.7. The molecule has 5 heteroatoms. The SMILES string of the molecule is CCCCCCCCCCCCCCCCCCc1c(C(C)(C)C)cc(C(C)(C)C)c(CCCCCCCCCCCCCCCCCC)c1C(O)O[P+](=O)O. The smallest absolute Gasteiger partial charge is 0.361 e. The summed E-state index contributed by atoms with van der Waals surface area (Å²) in [6.45, 7) is 18.1. The predicted octanol–water partition coefficient (Wildman–Crippen LogP) is 17.5. The van der Waals surface area contributed by atoms with Crippen molar-refractivity contribution >= 4 is 8.25 Å². The Hall–Kier alpha value is -0.800. The quantitative estimate of drug-likeness (QED) is 0.0399. The van der Waals surface area contributed by atoms with Crippen LogP contribution in [0.25, 0.3) is 0 Å². The number of benzene rings is 1. The van der Waals surface area contributed by atoms with Crippen LogP contribution in [0.15, 0.2) is 6.07 Å². The summed E-state index contributed by atoms with van der Waals surface area (Å²) >= 11 is 0. The largest absolute Gasteiger partial charge is 0.697 e. The fourth-order valence-corrected chi connectivity index (χ4v) is 9.08. The second-order valence-electron chi connectivity index (χ2n) is 19.6. The van der Waals surface area contributed by atoms with Crippen molar-refractivity contribution in [2.24, 2.45) is 0 Å². The first-order valence-electron chi connectivity index (χ1n) is 24.5. The van der Waals surface area contributed by atoms with E-state index < -0.39 is 14.5 Å². The summed E-state index contributed by atoms with van der Waals surface area (Å²) in [5, 5.41) is 11.5. The minimum atomic E-state index is -2.93. The second-order valence-corrected chi connectivity index (χ2v) is 20.3. The molecule has 0 aliphatic heterocycles. The Kier molecular flexibility index (Phi) is 31.3. The second kappa shape index (κ2) is 33.0. The van der Waals surface area contributed by atoms with E-state index in [1.165, 1.54) is 204 Å². The van der Waals surface area contributed by atoms with E-state index in [4.69, 9.17) is 4.52 Å². The first kappa shape index (κ1) is 53.2. The highest BCUT2D eigenvalue weighted by molar-refractivity contribution is 7.32. The summed E-state index contributed by atoms with van der Waals surface area (Å²) in [5.41, 5.74) is 5.29. The van der Waals surface area contributed by atoms with Gasteiger partial charge in [-0.2, -0.15) is 0 Å². The maximum absolute atomic E-state index is 12.0. The molecule has 1 aromatic rings. The first-order chi connectivity index (χ1) is 26.8. The van der Waals surface area contributed by atoms with Gasteiger partial charge in [-0.3, -0.25) is 0 Å². The van der Waals surface area contributed by atoms with Crippen molar-refractivity contribution in [2.75, 3.05) is 0 Å². The first-order valence-corrected chi connectivity index (χ1v) is 25.7. The summed E-state index contributed by atoms with van der Waals surface area (Å²) < 4.78 is 17.3. The minimum Gasteiger partial charge on any atom is -0.361 e. The lowest BCUT2D eigenvalue weighted by molar-refractivity contribution is -0.0223. The summed E-state index contributed by atoms with van der Waals surface area (Å²) in [6.07, 6.45) is 43.2. The molecule has 0 spiro atoms. The van der Waals surface area contributed by atoms with Crippen molar-refractivity contribution in [3.05, 3.63) is 33.9 Å². The van der Waals surface area contributed by atoms with E-state index in [0.717, 1.165) is 42.4 Å². The molecule has 0 aromatic heterocycles. The molecule has 0 fully saturated rings. The molecule has 0 heterocycles. The lowest BCUT2D eigenvalue weighted by Gasteiger charge is -2.33. The van der Waals surface area contributed by atoms with Gasteiger partial charge in [-0.1, -0.05) is 259 Å². The summed E-state index contributed by atoms with van der Waals surface area (Å²) in [6, 6.07) is 2.42. The molecule has 0 aliphatic carbocycles. The van der Waals surface area contributed by atoms with Gasteiger partial charge in [0, 0.05) is 10.1 Å². The van der Waals surface area contributed by atoms with Gasteiger partial charge in [0.25, 0.3) is 0 Å². The fourth-order valence-electron chi connectivity index (χ4n) is 8.80. The zero-order chi connectivity index (χ0) is 41.5. The molecule has 2 unspecified atom stereocenters. The van der Waals surface area contributed by atoms with Crippen molar-refractivity contribution in [3.8, 4) is 0 Å². The molecular weight excluding hydrogens is 708 g/mol. The molecule has 2 N–H and O–H groups in total. The van der Waals surface area contributed by atoms with Gasteiger partial charge in [-0.15, -0.1) is 4.89 Å². The van der Waals surface area contributed by atoms with Gasteiger partial charge in [0.1, 0.15) is 0 Å². The van der Waals surface area contributed by atoms with E-state index in [2.05, 4.69) is 61.5 Å². The third-order valence-electron chi connectivity index (χ3n) is 12.2. The van der Waals surface area contributed by atoms with Crippen LogP contribution >= 0.6 is 8.25 Å². The molecule has 1 aromatic carbocycles. The molecule has 4 nitrogen and oxygen atoms in total. The van der Waals surface area contributed by atoms with Gasteiger partial charge in [0.05, 0.1) is 0 Å². The van der Waals surface area contributed by atoms with Gasteiger partial charge >= 0.3 is 8.25 Å². The third kappa shape index (κ3) is 25.6. The molecule has 0 radical (unpaired) electrons. The summed E-state index contributed by atoms with van der Waals surface area (Å²) in [5.74, 6) is 0. The van der Waals surface area contributed by atoms with Gasteiger partial charge < -0.3 is 5.11 Å². The van der Waals surface area contributed by atoms with Gasteiger partial charge in [0.15, 0.2) is 0 Å². The Balaban J connectivity index is 2.74. The number of aliphatic hydroxyl groups excluding tert-OH is 1. The van der Waals surface area contributed by atoms with E-state index in [0.29, 0.717) is 0 Å². The molecule has 0 saturated heterocycles. The lowest BCUT2D eigenvalue weighted by Crippen LogP contribution is -2.24. The summed E-state index contributed by atoms with van der Waals surface area (Å²) in [4.78, 5) is 9.80. The number of hydrogen-bond donors (Lipinski definition) is 2. The van der Waals surface area contributed by atoms with Crippen LogP contribution in [-0.2, 0) is 32.8 Å². The molecule has 328 valence electrons. The predicted molar refractivity (Wildman–Crippen MR) is 246 cm³/mol. The topological polar surface area (TPSA) is 66.8 Å². The monoisotopic (exact) mass is 804 g/mol. The highest BCUT2D eigenvalue weighted by atomic mass is 31.1. The molecule has 0 saturated carbocycles. The van der Waals surface area contributed by atoms with Crippen molar-refractivity contribution in [3.63, 3.8) is 0 Å². The third-order valence-corrected chi connectivity index (χ3v) is 12.6. The molecule has 0 aliphatic rings. The average molecular weight is 804 g/mol. The van der Waals surface area contributed by atoms with Crippen LogP contribution in [0.5, 0.6) is 0 Å². The van der Waals surface area contributed by atoms with Crippen LogP contribution in [0.4, 0.5) is 0 Å². The minimum absolute atomic E-state index is 0.132. The molecular formula is C51H96O4P+. The van der Waals surface area contributed by atoms with Crippen LogP contribution in [-0.4, -0.2) is 10.00 Å². The van der Waals surface area contributed by atoms with Crippen molar-refractivity contribution < 1.29 is 19.1 Å². The van der Waals surface area contributed by atoms with E-state index in [1.807, 2.05) is 0 Å². The number of rotatable bonds is 37. The highest BCUT2D eigenvalue weighted by Crippen LogP contribution is 2.43. The Morgan fingerprint density at radius 2 is 0.696 bits per heavy atom. The van der Waals surface area contributed by atoms with E-state index in [9.17, 15) is 14.6 Å². The molecule has 0 amide bonds. The molecule has 56 heavy (non-hydrogen) atoms. The normalized spacial score (nSPS) is 13.1. The number of unbranched alkanes of at least 4 members (excludes halogenated alkanes) is 30. The zero-order valence-electron chi connectivity index (χ0n) is 38.9. The Morgan fingerprint density at radius 3 is 0.911 bits per heavy atom. The van der Waals surface area contributed by atoms with Gasteiger partial charge in [-0.05, 0) is 58.8 Å². The van der Waals surface area contributed by atoms with Crippen LogP contribution in [0.2, 0.25) is 0 Å². The van der Waals surface area contributed by atoms with E-state index >= 15 is 0 Å². The maximum atomic E-state index is 12.0. The highest BCUT2D eigenvalue weighted by Gasteiger charge is 2.34. The van der Waals surface area contributed by atoms with E-state index in [1.54, 1.807) is 0 Å². The Labute approximate surface area is 350 Å².